The summed E-state index contributed by atoms with van der Waals surface area (Å²) in [7, 11) is 0. The molecule has 0 saturated carbocycles. The Morgan fingerprint density at radius 3 is 2.64 bits per heavy atom. The van der Waals surface area contributed by atoms with Crippen molar-refractivity contribution >= 4 is 5.91 Å². The van der Waals surface area contributed by atoms with Crippen LogP contribution in [0.1, 0.15) is 37.7 Å². The largest absolute Gasteiger partial charge is 0.508 e. The Morgan fingerprint density at radius 2 is 1.93 bits per heavy atom. The van der Waals surface area contributed by atoms with Crippen LogP contribution in [0.3, 0.4) is 0 Å². The lowest BCUT2D eigenvalue weighted by atomic mass is 9.76. The summed E-state index contributed by atoms with van der Waals surface area (Å²) in [6.07, 6.45) is 5.53. The molecule has 2 N–H and O–H groups in total. The number of ether oxygens (including phenoxy) is 1. The maximum Gasteiger partial charge on any atom is 0.226 e. The van der Waals surface area contributed by atoms with Gasteiger partial charge in [0.15, 0.2) is 0 Å². The third kappa shape index (κ3) is 4.67. The van der Waals surface area contributed by atoms with Crippen molar-refractivity contribution in [3.63, 3.8) is 0 Å². The first-order valence-electron chi connectivity index (χ1n) is 10.6. The number of aliphatic hydroxyl groups is 1. The fourth-order valence-corrected chi connectivity index (χ4v) is 4.98. The Balaban J connectivity index is 1.24. The molecule has 28 heavy (non-hydrogen) atoms. The Hall–Kier alpha value is -1.63. The molecule has 1 spiro atoms. The van der Waals surface area contributed by atoms with Gasteiger partial charge in [0.05, 0.1) is 25.2 Å². The fourth-order valence-electron chi connectivity index (χ4n) is 4.98. The molecule has 4 rings (SSSR count). The molecule has 0 radical (unpaired) electrons. The predicted molar refractivity (Wildman–Crippen MR) is 106 cm³/mol. The van der Waals surface area contributed by atoms with Crippen LogP contribution < -0.4 is 0 Å². The van der Waals surface area contributed by atoms with Crippen LogP contribution in [0.4, 0.5) is 0 Å². The third-order valence-electron chi connectivity index (χ3n) is 6.70. The van der Waals surface area contributed by atoms with Crippen molar-refractivity contribution in [3.8, 4) is 5.75 Å². The minimum absolute atomic E-state index is 0.165. The monoisotopic (exact) mass is 388 g/mol. The van der Waals surface area contributed by atoms with E-state index in [9.17, 15) is 15.0 Å². The molecule has 3 aliphatic heterocycles. The Bertz CT molecular complexity index is 670. The van der Waals surface area contributed by atoms with Crippen LogP contribution in [0.2, 0.25) is 0 Å². The normalized spacial score (nSPS) is 28.0. The number of piperidine rings is 2. The van der Waals surface area contributed by atoms with Gasteiger partial charge in [-0.25, -0.2) is 0 Å². The number of hydrogen-bond acceptors (Lipinski definition) is 5. The average molecular weight is 389 g/mol. The number of aromatic hydroxyl groups is 1. The lowest BCUT2D eigenvalue weighted by Gasteiger charge is -2.38. The molecule has 154 valence electrons. The number of aliphatic hydroxyl groups excluding tert-OH is 1. The summed E-state index contributed by atoms with van der Waals surface area (Å²) in [5, 5.41) is 19.2. The SMILES string of the molecule is O=C(Cc1ccc(O)cc1)N1CCC2(CC1)CO[C@H](CN1CCC[C@@H](O)C1)C2. The summed E-state index contributed by atoms with van der Waals surface area (Å²) in [5.74, 6) is 0.393. The van der Waals surface area contributed by atoms with E-state index in [-0.39, 0.29) is 29.3 Å². The number of carbonyl (C=O) groups excluding carboxylic acids is 1. The first kappa shape index (κ1) is 19.7. The van der Waals surface area contributed by atoms with E-state index >= 15 is 0 Å². The predicted octanol–water partition coefficient (Wildman–Crippen LogP) is 1.79. The van der Waals surface area contributed by atoms with Crippen LogP contribution >= 0.6 is 0 Å². The van der Waals surface area contributed by atoms with Crippen molar-refractivity contribution in [1.82, 2.24) is 9.80 Å². The molecule has 1 aromatic carbocycles. The van der Waals surface area contributed by atoms with E-state index in [1.165, 1.54) is 0 Å². The number of amides is 1. The number of β-amino-alcohol motifs (C(OH)–C–C–N with tert-alkyl or cyclic N) is 1. The number of likely N-dealkylation sites (tertiary alicyclic amines) is 2. The molecule has 1 amide bonds. The van der Waals surface area contributed by atoms with E-state index in [2.05, 4.69) is 4.90 Å². The zero-order valence-electron chi connectivity index (χ0n) is 16.6. The highest BCUT2D eigenvalue weighted by molar-refractivity contribution is 5.78. The van der Waals surface area contributed by atoms with Crippen LogP contribution in [-0.2, 0) is 16.0 Å². The molecule has 0 bridgehead atoms. The highest BCUT2D eigenvalue weighted by Gasteiger charge is 2.43. The molecule has 0 aromatic heterocycles. The van der Waals surface area contributed by atoms with Gasteiger partial charge < -0.3 is 19.8 Å². The van der Waals surface area contributed by atoms with Crippen molar-refractivity contribution in [1.29, 1.82) is 0 Å². The van der Waals surface area contributed by atoms with Gasteiger partial charge in [0, 0.05) is 26.2 Å². The van der Waals surface area contributed by atoms with Crippen molar-refractivity contribution < 1.29 is 19.7 Å². The summed E-state index contributed by atoms with van der Waals surface area (Å²) in [5.41, 5.74) is 1.16. The van der Waals surface area contributed by atoms with Crippen molar-refractivity contribution in [3.05, 3.63) is 29.8 Å². The second kappa shape index (κ2) is 8.39. The van der Waals surface area contributed by atoms with Gasteiger partial charge in [-0.3, -0.25) is 9.69 Å². The number of carbonyl (C=O) groups is 1. The molecule has 3 saturated heterocycles. The van der Waals surface area contributed by atoms with E-state index < -0.39 is 0 Å². The van der Waals surface area contributed by atoms with Crippen LogP contribution in [-0.4, -0.2) is 77.5 Å². The van der Waals surface area contributed by atoms with Crippen molar-refractivity contribution in [2.24, 2.45) is 5.41 Å². The van der Waals surface area contributed by atoms with Crippen LogP contribution in [0.25, 0.3) is 0 Å². The lowest BCUT2D eigenvalue weighted by molar-refractivity contribution is -0.132. The number of hydrogen-bond donors (Lipinski definition) is 2. The molecule has 0 unspecified atom stereocenters. The Labute approximate surface area is 167 Å². The van der Waals surface area contributed by atoms with Crippen LogP contribution in [0.15, 0.2) is 24.3 Å². The van der Waals surface area contributed by atoms with E-state index in [1.807, 2.05) is 17.0 Å². The quantitative estimate of drug-likeness (QED) is 0.823. The second-order valence-electron chi connectivity index (χ2n) is 8.92. The first-order valence-corrected chi connectivity index (χ1v) is 10.6. The van der Waals surface area contributed by atoms with E-state index in [0.717, 1.165) is 77.0 Å². The zero-order chi connectivity index (χ0) is 19.6. The van der Waals surface area contributed by atoms with Gasteiger partial charge in [-0.05, 0) is 61.8 Å². The molecule has 3 aliphatic rings. The Morgan fingerprint density at radius 1 is 1.18 bits per heavy atom. The summed E-state index contributed by atoms with van der Waals surface area (Å²) < 4.78 is 6.14. The van der Waals surface area contributed by atoms with Gasteiger partial charge in [0.2, 0.25) is 5.91 Å². The topological polar surface area (TPSA) is 73.2 Å². The number of nitrogens with zero attached hydrogens (tertiary/aromatic N) is 2. The smallest absolute Gasteiger partial charge is 0.226 e. The van der Waals surface area contributed by atoms with Crippen molar-refractivity contribution in [2.75, 3.05) is 39.3 Å². The standard InChI is InChI=1S/C22H32N2O4/c25-18-5-3-17(4-6-18)12-21(27)24-10-7-22(8-11-24)13-20(28-16-22)15-23-9-1-2-19(26)14-23/h3-6,19-20,25-26H,1-2,7-16H2/t19-,20+/m1/s1. The van der Waals surface area contributed by atoms with Crippen LogP contribution in [0, 0.1) is 5.41 Å². The molecular weight excluding hydrogens is 356 g/mol. The molecule has 2 atom stereocenters. The third-order valence-corrected chi connectivity index (χ3v) is 6.70. The molecule has 3 fully saturated rings. The fraction of sp³-hybridized carbons (Fsp3) is 0.682. The van der Waals surface area contributed by atoms with Crippen molar-refractivity contribution in [2.45, 2.75) is 50.7 Å². The van der Waals surface area contributed by atoms with Gasteiger partial charge >= 0.3 is 0 Å². The maximum absolute atomic E-state index is 12.6. The molecule has 1 aromatic rings. The Kier molecular flexibility index (Phi) is 5.90. The molecule has 6 nitrogen and oxygen atoms in total. The second-order valence-corrected chi connectivity index (χ2v) is 8.92. The number of phenolic OH excluding ortho intramolecular Hbond substituents is 1. The summed E-state index contributed by atoms with van der Waals surface area (Å²) in [4.78, 5) is 16.9. The number of phenols is 1. The lowest BCUT2D eigenvalue weighted by Crippen LogP contribution is -2.44. The van der Waals surface area contributed by atoms with Gasteiger partial charge in [-0.15, -0.1) is 0 Å². The number of benzene rings is 1. The van der Waals surface area contributed by atoms with Gasteiger partial charge in [-0.2, -0.15) is 0 Å². The summed E-state index contributed by atoms with van der Waals surface area (Å²) >= 11 is 0. The van der Waals surface area contributed by atoms with E-state index in [0.29, 0.717) is 6.42 Å². The molecule has 3 heterocycles. The maximum atomic E-state index is 12.6. The average Bonchev–Trinajstić information content (AvgIpc) is 3.06. The minimum Gasteiger partial charge on any atom is -0.508 e. The minimum atomic E-state index is -0.188. The highest BCUT2D eigenvalue weighted by Crippen LogP contribution is 2.42. The number of rotatable bonds is 4. The van der Waals surface area contributed by atoms with Gasteiger partial charge in [-0.1, -0.05) is 12.1 Å². The van der Waals surface area contributed by atoms with Crippen LogP contribution in [0.5, 0.6) is 5.75 Å². The first-order chi connectivity index (χ1) is 13.5. The summed E-state index contributed by atoms with van der Waals surface area (Å²) in [6, 6.07) is 6.88. The zero-order valence-corrected chi connectivity index (χ0v) is 16.6. The van der Waals surface area contributed by atoms with E-state index in [4.69, 9.17) is 4.74 Å². The van der Waals surface area contributed by atoms with E-state index in [1.54, 1.807) is 12.1 Å². The van der Waals surface area contributed by atoms with Gasteiger partial charge in [0.25, 0.3) is 0 Å². The highest BCUT2D eigenvalue weighted by atomic mass is 16.5. The summed E-state index contributed by atoms with van der Waals surface area (Å²) in [6.45, 7) is 5.15. The molecule has 6 heteroatoms. The molecule has 0 aliphatic carbocycles. The van der Waals surface area contributed by atoms with Gasteiger partial charge in [0.1, 0.15) is 5.75 Å². The molecular formula is C22H32N2O4.